The lowest BCUT2D eigenvalue weighted by atomic mass is 9.86. The maximum atomic E-state index is 10.9. The Morgan fingerprint density at radius 2 is 2.28 bits per heavy atom. The number of carboxylic acid groups (broad SMARTS) is 1. The van der Waals surface area contributed by atoms with Crippen molar-refractivity contribution in [2.75, 3.05) is 6.61 Å². The van der Waals surface area contributed by atoms with Crippen LogP contribution in [0.4, 0.5) is 0 Å². The molecule has 2 aromatic rings. The van der Waals surface area contributed by atoms with Crippen molar-refractivity contribution in [3.63, 3.8) is 0 Å². The van der Waals surface area contributed by atoms with Gasteiger partial charge < -0.3 is 14.8 Å². The summed E-state index contributed by atoms with van der Waals surface area (Å²) in [6.07, 6.45) is 3.78. The van der Waals surface area contributed by atoms with Gasteiger partial charge in [-0.15, -0.1) is 0 Å². The van der Waals surface area contributed by atoms with Gasteiger partial charge in [-0.3, -0.25) is 0 Å². The Kier molecular flexibility index (Phi) is 2.70. The Morgan fingerprint density at radius 3 is 2.94 bits per heavy atom. The second-order valence-corrected chi connectivity index (χ2v) is 4.81. The SMILES string of the molecule is O=C(O)c1cc2c(OCC3CCC3)cccc2[nH]1. The lowest BCUT2D eigenvalue weighted by Crippen LogP contribution is -2.19. The fraction of sp³-hybridized carbons (Fsp3) is 0.357. The predicted molar refractivity (Wildman–Crippen MR) is 68.1 cm³/mol. The van der Waals surface area contributed by atoms with Gasteiger partial charge in [-0.2, -0.15) is 0 Å². The second kappa shape index (κ2) is 4.37. The van der Waals surface area contributed by atoms with E-state index in [2.05, 4.69) is 4.98 Å². The summed E-state index contributed by atoms with van der Waals surface area (Å²) in [6.45, 7) is 0.729. The third-order valence-electron chi connectivity index (χ3n) is 3.55. The van der Waals surface area contributed by atoms with E-state index < -0.39 is 5.97 Å². The van der Waals surface area contributed by atoms with Crippen molar-refractivity contribution in [1.29, 1.82) is 0 Å². The molecule has 1 aliphatic rings. The molecule has 1 saturated carbocycles. The largest absolute Gasteiger partial charge is 0.493 e. The minimum absolute atomic E-state index is 0.199. The van der Waals surface area contributed by atoms with Crippen molar-refractivity contribution in [1.82, 2.24) is 4.98 Å². The molecular weight excluding hydrogens is 230 g/mol. The smallest absolute Gasteiger partial charge is 0.352 e. The van der Waals surface area contributed by atoms with E-state index in [0.717, 1.165) is 23.3 Å². The maximum Gasteiger partial charge on any atom is 0.352 e. The van der Waals surface area contributed by atoms with E-state index in [1.165, 1.54) is 19.3 Å². The molecule has 4 heteroatoms. The Morgan fingerprint density at radius 1 is 1.44 bits per heavy atom. The number of aromatic carboxylic acids is 1. The molecule has 0 spiro atoms. The van der Waals surface area contributed by atoms with Gasteiger partial charge >= 0.3 is 5.97 Å². The zero-order valence-electron chi connectivity index (χ0n) is 9.98. The number of aromatic nitrogens is 1. The van der Waals surface area contributed by atoms with Gasteiger partial charge in [0.05, 0.1) is 6.61 Å². The van der Waals surface area contributed by atoms with Crippen LogP contribution in [0.2, 0.25) is 0 Å². The number of hydrogen-bond donors (Lipinski definition) is 2. The van der Waals surface area contributed by atoms with E-state index in [4.69, 9.17) is 9.84 Å². The van der Waals surface area contributed by atoms with Crippen LogP contribution >= 0.6 is 0 Å². The summed E-state index contributed by atoms with van der Waals surface area (Å²) >= 11 is 0. The van der Waals surface area contributed by atoms with E-state index in [1.54, 1.807) is 6.07 Å². The minimum Gasteiger partial charge on any atom is -0.493 e. The number of hydrogen-bond acceptors (Lipinski definition) is 2. The first-order chi connectivity index (χ1) is 8.74. The van der Waals surface area contributed by atoms with E-state index >= 15 is 0 Å². The van der Waals surface area contributed by atoms with Gasteiger partial charge in [0.15, 0.2) is 0 Å². The molecule has 4 nitrogen and oxygen atoms in total. The molecule has 0 aliphatic heterocycles. The van der Waals surface area contributed by atoms with Crippen molar-refractivity contribution in [2.45, 2.75) is 19.3 Å². The number of fused-ring (bicyclic) bond motifs is 1. The molecule has 3 rings (SSSR count). The molecule has 0 saturated heterocycles. The number of carboxylic acids is 1. The number of rotatable bonds is 4. The number of aromatic amines is 1. The number of benzene rings is 1. The molecule has 0 radical (unpaired) electrons. The fourth-order valence-corrected chi connectivity index (χ4v) is 2.24. The van der Waals surface area contributed by atoms with Crippen LogP contribution in [-0.4, -0.2) is 22.7 Å². The highest BCUT2D eigenvalue weighted by Gasteiger charge is 2.18. The average molecular weight is 245 g/mol. The topological polar surface area (TPSA) is 62.3 Å². The number of ether oxygens (including phenoxy) is 1. The zero-order valence-corrected chi connectivity index (χ0v) is 9.98. The summed E-state index contributed by atoms with van der Waals surface area (Å²) < 4.78 is 5.80. The molecule has 0 unspecified atom stereocenters. The van der Waals surface area contributed by atoms with Gasteiger partial charge in [0.1, 0.15) is 11.4 Å². The minimum atomic E-state index is -0.948. The number of carbonyl (C=O) groups is 1. The fourth-order valence-electron chi connectivity index (χ4n) is 2.24. The highest BCUT2D eigenvalue weighted by Crippen LogP contribution is 2.30. The molecule has 1 fully saturated rings. The summed E-state index contributed by atoms with van der Waals surface area (Å²) in [7, 11) is 0. The molecule has 1 aromatic carbocycles. The van der Waals surface area contributed by atoms with Crippen LogP contribution in [0.25, 0.3) is 10.9 Å². The first kappa shape index (κ1) is 11.1. The van der Waals surface area contributed by atoms with Crippen LogP contribution in [0.3, 0.4) is 0 Å². The van der Waals surface area contributed by atoms with Crippen molar-refractivity contribution in [3.8, 4) is 5.75 Å². The Bertz CT molecular complexity index is 584. The lowest BCUT2D eigenvalue weighted by molar-refractivity contribution is 0.0691. The molecule has 1 aliphatic carbocycles. The highest BCUT2D eigenvalue weighted by atomic mass is 16.5. The van der Waals surface area contributed by atoms with Crippen molar-refractivity contribution in [2.24, 2.45) is 5.92 Å². The quantitative estimate of drug-likeness (QED) is 0.870. The van der Waals surface area contributed by atoms with Gasteiger partial charge in [-0.1, -0.05) is 12.5 Å². The summed E-state index contributed by atoms with van der Waals surface area (Å²) in [6, 6.07) is 7.26. The van der Waals surface area contributed by atoms with Gasteiger partial charge in [-0.05, 0) is 37.0 Å². The molecule has 18 heavy (non-hydrogen) atoms. The zero-order chi connectivity index (χ0) is 12.5. The van der Waals surface area contributed by atoms with E-state index in [-0.39, 0.29) is 5.69 Å². The first-order valence-corrected chi connectivity index (χ1v) is 6.22. The van der Waals surface area contributed by atoms with E-state index in [1.807, 2.05) is 18.2 Å². The third-order valence-corrected chi connectivity index (χ3v) is 3.55. The molecule has 0 bridgehead atoms. The van der Waals surface area contributed by atoms with Crippen LogP contribution in [0.5, 0.6) is 5.75 Å². The molecular formula is C14H15NO3. The molecule has 0 amide bonds. The van der Waals surface area contributed by atoms with Crippen LogP contribution in [0.1, 0.15) is 29.8 Å². The summed E-state index contributed by atoms with van der Waals surface area (Å²) in [5.74, 6) is 0.484. The molecule has 2 N–H and O–H groups in total. The second-order valence-electron chi connectivity index (χ2n) is 4.81. The number of nitrogens with one attached hydrogen (secondary N) is 1. The van der Waals surface area contributed by atoms with Crippen LogP contribution in [0, 0.1) is 5.92 Å². The molecule has 1 heterocycles. The van der Waals surface area contributed by atoms with Crippen LogP contribution in [0.15, 0.2) is 24.3 Å². The van der Waals surface area contributed by atoms with Gasteiger partial charge in [0, 0.05) is 10.9 Å². The molecule has 1 aromatic heterocycles. The normalized spacial score (nSPS) is 15.6. The monoisotopic (exact) mass is 245 g/mol. The molecule has 0 atom stereocenters. The van der Waals surface area contributed by atoms with Gasteiger partial charge in [-0.25, -0.2) is 4.79 Å². The predicted octanol–water partition coefficient (Wildman–Crippen LogP) is 3.05. The standard InChI is InChI=1S/C14H15NO3/c16-14(17)12-7-10-11(15-12)5-2-6-13(10)18-8-9-3-1-4-9/h2,5-7,9,15H,1,3-4,8H2,(H,16,17). The summed E-state index contributed by atoms with van der Waals surface area (Å²) in [5, 5.41) is 9.81. The van der Waals surface area contributed by atoms with Gasteiger partial charge in [0.2, 0.25) is 0 Å². The van der Waals surface area contributed by atoms with Crippen molar-refractivity contribution in [3.05, 3.63) is 30.0 Å². The Hall–Kier alpha value is -1.97. The molecule has 94 valence electrons. The maximum absolute atomic E-state index is 10.9. The van der Waals surface area contributed by atoms with Crippen molar-refractivity contribution >= 4 is 16.9 Å². The van der Waals surface area contributed by atoms with Crippen molar-refractivity contribution < 1.29 is 14.6 Å². The average Bonchev–Trinajstić information content (AvgIpc) is 2.71. The van der Waals surface area contributed by atoms with Gasteiger partial charge in [0.25, 0.3) is 0 Å². The lowest BCUT2D eigenvalue weighted by Gasteiger charge is -2.25. The Labute approximate surface area is 105 Å². The summed E-state index contributed by atoms with van der Waals surface area (Å²) in [5.41, 5.74) is 1.00. The van der Waals surface area contributed by atoms with E-state index in [0.29, 0.717) is 5.92 Å². The van der Waals surface area contributed by atoms with Crippen LogP contribution in [-0.2, 0) is 0 Å². The highest BCUT2D eigenvalue weighted by molar-refractivity contribution is 5.96. The van der Waals surface area contributed by atoms with E-state index in [9.17, 15) is 4.79 Å². The third kappa shape index (κ3) is 1.94. The summed E-state index contributed by atoms with van der Waals surface area (Å²) in [4.78, 5) is 13.8. The first-order valence-electron chi connectivity index (χ1n) is 6.22. The Balaban J connectivity index is 1.87. The number of H-pyrrole nitrogens is 1. The van der Waals surface area contributed by atoms with Crippen LogP contribution < -0.4 is 4.74 Å².